The second-order valence-electron chi connectivity index (χ2n) is 6.70. The zero-order valence-corrected chi connectivity index (χ0v) is 13.9. The molecule has 0 spiro atoms. The van der Waals surface area contributed by atoms with Crippen molar-refractivity contribution in [2.75, 3.05) is 0 Å². The minimum atomic E-state index is -0.874. The fraction of sp³-hybridized carbons (Fsp3) is 0.647. The molecule has 0 aromatic heterocycles. The van der Waals surface area contributed by atoms with Gasteiger partial charge in [-0.15, -0.1) is 0 Å². The van der Waals surface area contributed by atoms with Crippen LogP contribution >= 0.6 is 0 Å². The Morgan fingerprint density at radius 2 is 1.75 bits per heavy atom. The van der Waals surface area contributed by atoms with Crippen LogP contribution in [0.25, 0.3) is 0 Å². The van der Waals surface area contributed by atoms with Crippen LogP contribution in [0.3, 0.4) is 0 Å². The molecule has 0 heterocycles. The second kappa shape index (κ2) is 6.40. The molecule has 2 N–H and O–H groups in total. The summed E-state index contributed by atoms with van der Waals surface area (Å²) in [7, 11) is -0.874. The normalized spacial score (nSPS) is 32.0. The van der Waals surface area contributed by atoms with Gasteiger partial charge in [-0.2, -0.15) is 0 Å². The van der Waals surface area contributed by atoms with Gasteiger partial charge in [-0.25, -0.2) is 0 Å². The number of hydrogen-bond donors (Lipinski definition) is 1. The van der Waals surface area contributed by atoms with Crippen LogP contribution in [0.15, 0.2) is 18.2 Å². The zero-order valence-electron chi connectivity index (χ0n) is 13.1. The van der Waals surface area contributed by atoms with Gasteiger partial charge in [0.2, 0.25) is 0 Å². The van der Waals surface area contributed by atoms with E-state index >= 15 is 0 Å². The van der Waals surface area contributed by atoms with Gasteiger partial charge in [0, 0.05) is 22.6 Å². The van der Waals surface area contributed by atoms with Gasteiger partial charge >= 0.3 is 0 Å². The third kappa shape index (κ3) is 3.70. The standard InChI is InChI=1S/C17H27NOS/c1-11-5-12(2)8-15(7-11)10-20(19)17-14(4)6-13(3)9-16(17)18/h5,7-8,13-14,16-17H,6,9-10,18H2,1-4H3. The van der Waals surface area contributed by atoms with Gasteiger partial charge in [-0.05, 0) is 44.1 Å². The third-order valence-corrected chi connectivity index (χ3v) is 6.36. The van der Waals surface area contributed by atoms with Crippen molar-refractivity contribution in [3.05, 3.63) is 34.9 Å². The Kier molecular flexibility index (Phi) is 5.03. The molecule has 5 atom stereocenters. The largest absolute Gasteiger partial charge is 0.327 e. The molecule has 1 aromatic rings. The lowest BCUT2D eigenvalue weighted by Crippen LogP contribution is -2.47. The average Bonchev–Trinajstić information content (AvgIpc) is 2.25. The molecule has 1 aromatic carbocycles. The Morgan fingerprint density at radius 1 is 1.15 bits per heavy atom. The minimum absolute atomic E-state index is 0.0838. The van der Waals surface area contributed by atoms with Crippen molar-refractivity contribution in [3.63, 3.8) is 0 Å². The zero-order chi connectivity index (χ0) is 14.9. The smallest absolute Gasteiger partial charge is 0.0528 e. The van der Waals surface area contributed by atoms with Gasteiger partial charge in [0.05, 0.1) is 5.25 Å². The molecule has 1 saturated carbocycles. The predicted octanol–water partition coefficient (Wildman–Crippen LogP) is 3.31. The molecule has 2 nitrogen and oxygen atoms in total. The first-order valence-electron chi connectivity index (χ1n) is 7.56. The van der Waals surface area contributed by atoms with Crippen LogP contribution in [-0.4, -0.2) is 15.5 Å². The first-order valence-corrected chi connectivity index (χ1v) is 8.95. The lowest BCUT2D eigenvalue weighted by atomic mass is 9.80. The highest BCUT2D eigenvalue weighted by molar-refractivity contribution is 7.84. The van der Waals surface area contributed by atoms with Crippen LogP contribution < -0.4 is 5.73 Å². The molecule has 0 radical (unpaired) electrons. The molecule has 1 aliphatic rings. The van der Waals surface area contributed by atoms with E-state index in [1.165, 1.54) is 16.7 Å². The van der Waals surface area contributed by atoms with Crippen molar-refractivity contribution >= 4 is 10.8 Å². The summed E-state index contributed by atoms with van der Waals surface area (Å²) in [5.41, 5.74) is 9.95. The molecule has 2 rings (SSSR count). The SMILES string of the molecule is Cc1cc(C)cc(CS(=O)C2C(C)CC(C)CC2N)c1. The Labute approximate surface area is 125 Å². The van der Waals surface area contributed by atoms with Gasteiger partial charge in [0.25, 0.3) is 0 Å². The topological polar surface area (TPSA) is 43.1 Å². The van der Waals surface area contributed by atoms with Crippen molar-refractivity contribution in [2.24, 2.45) is 17.6 Å². The molecular weight excluding hydrogens is 266 g/mol. The van der Waals surface area contributed by atoms with E-state index in [4.69, 9.17) is 5.73 Å². The Hall–Kier alpha value is -0.670. The van der Waals surface area contributed by atoms with Crippen molar-refractivity contribution < 1.29 is 4.21 Å². The van der Waals surface area contributed by atoms with Crippen LogP contribution in [0, 0.1) is 25.7 Å². The number of benzene rings is 1. The Bertz CT molecular complexity index is 468. The maximum atomic E-state index is 12.7. The number of nitrogens with two attached hydrogens (primary N) is 1. The Morgan fingerprint density at radius 3 is 2.30 bits per heavy atom. The fourth-order valence-electron chi connectivity index (χ4n) is 3.75. The van der Waals surface area contributed by atoms with E-state index < -0.39 is 10.8 Å². The lowest BCUT2D eigenvalue weighted by molar-refractivity contribution is 0.275. The van der Waals surface area contributed by atoms with Gasteiger partial charge in [-0.3, -0.25) is 4.21 Å². The first kappa shape index (κ1) is 15.7. The van der Waals surface area contributed by atoms with E-state index in [1.807, 2.05) is 0 Å². The summed E-state index contributed by atoms with van der Waals surface area (Å²) in [6.45, 7) is 8.64. The maximum Gasteiger partial charge on any atom is 0.0528 e. The summed E-state index contributed by atoms with van der Waals surface area (Å²) in [6, 6.07) is 6.53. The van der Waals surface area contributed by atoms with E-state index in [0.717, 1.165) is 12.8 Å². The van der Waals surface area contributed by atoms with Crippen LogP contribution in [0.4, 0.5) is 0 Å². The molecule has 0 saturated heterocycles. The maximum absolute atomic E-state index is 12.7. The summed E-state index contributed by atoms with van der Waals surface area (Å²) >= 11 is 0. The highest BCUT2D eigenvalue weighted by atomic mass is 32.2. The van der Waals surface area contributed by atoms with Crippen LogP contribution in [0.5, 0.6) is 0 Å². The first-order chi connectivity index (χ1) is 9.36. The molecule has 112 valence electrons. The van der Waals surface area contributed by atoms with Gasteiger partial charge in [0.15, 0.2) is 0 Å². The van der Waals surface area contributed by atoms with E-state index in [2.05, 4.69) is 45.9 Å². The van der Waals surface area contributed by atoms with Crippen molar-refractivity contribution in [1.82, 2.24) is 0 Å². The Balaban J connectivity index is 2.11. The summed E-state index contributed by atoms with van der Waals surface area (Å²) in [5.74, 6) is 1.76. The van der Waals surface area contributed by atoms with Gasteiger partial charge in [-0.1, -0.05) is 43.2 Å². The van der Waals surface area contributed by atoms with Crippen molar-refractivity contribution in [1.29, 1.82) is 0 Å². The van der Waals surface area contributed by atoms with Crippen molar-refractivity contribution in [3.8, 4) is 0 Å². The van der Waals surface area contributed by atoms with Gasteiger partial charge in [0.1, 0.15) is 0 Å². The van der Waals surface area contributed by atoms with E-state index in [1.54, 1.807) is 0 Å². The average molecular weight is 293 g/mol. The third-order valence-electron chi connectivity index (χ3n) is 4.33. The van der Waals surface area contributed by atoms with E-state index in [-0.39, 0.29) is 11.3 Å². The summed E-state index contributed by atoms with van der Waals surface area (Å²) in [5, 5.41) is 0.145. The molecule has 20 heavy (non-hydrogen) atoms. The molecule has 1 fully saturated rings. The highest BCUT2D eigenvalue weighted by Gasteiger charge is 2.35. The lowest BCUT2D eigenvalue weighted by Gasteiger charge is -2.37. The van der Waals surface area contributed by atoms with Crippen LogP contribution in [0.1, 0.15) is 43.4 Å². The summed E-state index contributed by atoms with van der Waals surface area (Å²) < 4.78 is 12.7. The van der Waals surface area contributed by atoms with E-state index in [9.17, 15) is 4.21 Å². The highest BCUT2D eigenvalue weighted by Crippen LogP contribution is 2.32. The van der Waals surface area contributed by atoms with E-state index in [0.29, 0.717) is 17.6 Å². The summed E-state index contributed by atoms with van der Waals surface area (Å²) in [4.78, 5) is 0. The van der Waals surface area contributed by atoms with Crippen LogP contribution in [-0.2, 0) is 16.6 Å². The molecule has 5 unspecified atom stereocenters. The molecule has 0 bridgehead atoms. The summed E-state index contributed by atoms with van der Waals surface area (Å²) in [6.07, 6.45) is 2.16. The predicted molar refractivity (Wildman–Crippen MR) is 87.1 cm³/mol. The van der Waals surface area contributed by atoms with Crippen LogP contribution in [0.2, 0.25) is 0 Å². The molecule has 0 amide bonds. The molecule has 1 aliphatic carbocycles. The van der Waals surface area contributed by atoms with Gasteiger partial charge < -0.3 is 5.73 Å². The quantitative estimate of drug-likeness (QED) is 0.929. The van der Waals surface area contributed by atoms with Crippen molar-refractivity contribution in [2.45, 2.75) is 57.6 Å². The fourth-order valence-corrected chi connectivity index (χ4v) is 5.57. The molecule has 3 heteroatoms. The molecular formula is C17H27NOS. The number of hydrogen-bond acceptors (Lipinski definition) is 2. The minimum Gasteiger partial charge on any atom is -0.327 e. The number of aryl methyl sites for hydroxylation is 2. The molecule has 0 aliphatic heterocycles. The number of rotatable bonds is 3. The second-order valence-corrected chi connectivity index (χ2v) is 8.30. The monoisotopic (exact) mass is 293 g/mol.